The predicted octanol–water partition coefficient (Wildman–Crippen LogP) is 6.61. The fourth-order valence-electron chi connectivity index (χ4n) is 5.53. The minimum atomic E-state index is -2.06. The van der Waals surface area contributed by atoms with Crippen LogP contribution in [0.25, 0.3) is 0 Å². The second kappa shape index (κ2) is 7.66. The molecule has 2 aliphatic carbocycles. The van der Waals surface area contributed by atoms with Crippen molar-refractivity contribution < 1.29 is 4.11 Å². The minimum Gasteiger partial charge on any atom is -0.350 e. The highest BCUT2D eigenvalue weighted by Gasteiger charge is 2.41. The molecule has 142 valence electrons. The maximum atomic E-state index is 8.55. The van der Waals surface area contributed by atoms with E-state index >= 15 is 0 Å². The summed E-state index contributed by atoms with van der Waals surface area (Å²) < 4.78 is 25.6. The zero-order valence-corrected chi connectivity index (χ0v) is 16.5. The van der Waals surface area contributed by atoms with Gasteiger partial charge in [-0.05, 0) is 58.0 Å². The number of para-hydroxylation sites is 1. The Kier molecular flexibility index (Phi) is 4.30. The van der Waals surface area contributed by atoms with Crippen LogP contribution in [-0.2, 0) is 0 Å². The molecule has 0 spiro atoms. The van der Waals surface area contributed by atoms with E-state index in [9.17, 15) is 0 Å². The molecule has 0 saturated heterocycles. The molecule has 1 aromatic carbocycles. The Morgan fingerprint density at radius 3 is 2.19 bits per heavy atom. The molecule has 26 heavy (non-hydrogen) atoms. The maximum absolute atomic E-state index is 8.55. The minimum absolute atomic E-state index is 0.357. The molecule has 0 N–H and O–H groups in total. The molecule has 3 aliphatic rings. The largest absolute Gasteiger partial charge is 0.350 e. The Balaban J connectivity index is 1.84. The average molecular weight is 356 g/mol. The number of hydrogen-bond donors (Lipinski definition) is 0. The summed E-state index contributed by atoms with van der Waals surface area (Å²) in [5.41, 5.74) is 4.73. The van der Waals surface area contributed by atoms with Crippen LogP contribution < -0.4 is 4.90 Å². The number of aryl methyl sites for hydroxylation is 1. The zero-order chi connectivity index (χ0) is 20.6. The molecule has 1 aromatic rings. The van der Waals surface area contributed by atoms with E-state index in [1.807, 2.05) is 12.1 Å². The van der Waals surface area contributed by atoms with Crippen LogP contribution in [0.3, 0.4) is 0 Å². The third kappa shape index (κ3) is 3.17. The van der Waals surface area contributed by atoms with Gasteiger partial charge in [0.1, 0.15) is 6.17 Å². The van der Waals surface area contributed by atoms with Gasteiger partial charge in [-0.3, -0.25) is 0 Å². The highest BCUT2D eigenvalue weighted by Crippen LogP contribution is 2.45. The number of nitrogens with zero attached hydrogens (tertiary/aromatic N) is 2. The molecule has 0 amide bonds. The number of rotatable bonds is 3. The SMILES string of the molecule is [2H]C([2H])([2H])C1N(c2ccccc2C)C(C)=C(C2CCCCC2)N1C1CCCCC1. The maximum Gasteiger partial charge on any atom is 0.103 e. The van der Waals surface area contributed by atoms with Crippen LogP contribution in [0.1, 0.15) is 87.7 Å². The molecule has 1 atom stereocenters. The van der Waals surface area contributed by atoms with E-state index in [1.165, 1.54) is 62.8 Å². The topological polar surface area (TPSA) is 6.48 Å². The molecule has 0 radical (unpaired) electrons. The standard InChI is InChI=1S/C24H36N2/c1-18-12-10-11-17-23(18)25-19(2)24(21-13-6-4-7-14-21)26(20(25)3)22-15-8-5-9-16-22/h10-12,17,20-22H,4-9,13-16H2,1-3H3/i3D3. The van der Waals surface area contributed by atoms with Crippen molar-refractivity contribution in [3.63, 3.8) is 0 Å². The van der Waals surface area contributed by atoms with Crippen molar-refractivity contribution in [1.82, 2.24) is 4.90 Å². The van der Waals surface area contributed by atoms with Gasteiger partial charge in [0.05, 0.1) is 0 Å². The Labute approximate surface area is 164 Å². The molecule has 2 fully saturated rings. The van der Waals surface area contributed by atoms with Crippen LogP contribution in [0.5, 0.6) is 0 Å². The van der Waals surface area contributed by atoms with Crippen molar-refractivity contribution in [2.24, 2.45) is 5.92 Å². The van der Waals surface area contributed by atoms with E-state index in [-0.39, 0.29) is 0 Å². The smallest absolute Gasteiger partial charge is 0.103 e. The molecule has 4 rings (SSSR count). The highest BCUT2D eigenvalue weighted by atomic mass is 15.4. The van der Waals surface area contributed by atoms with E-state index in [0.717, 1.165) is 24.1 Å². The summed E-state index contributed by atoms with van der Waals surface area (Å²) >= 11 is 0. The van der Waals surface area contributed by atoms with Crippen molar-refractivity contribution in [2.75, 3.05) is 4.90 Å². The molecule has 2 heteroatoms. The first kappa shape index (κ1) is 14.6. The zero-order valence-electron chi connectivity index (χ0n) is 19.5. The first-order chi connectivity index (χ1) is 13.9. The fraction of sp³-hybridized carbons (Fsp3) is 0.667. The monoisotopic (exact) mass is 355 g/mol. The van der Waals surface area contributed by atoms with E-state index in [2.05, 4.69) is 35.8 Å². The molecule has 0 aromatic heterocycles. The summed E-state index contributed by atoms with van der Waals surface area (Å²) in [6.07, 6.45) is 11.6. The summed E-state index contributed by atoms with van der Waals surface area (Å²) in [5, 5.41) is 0. The van der Waals surface area contributed by atoms with Gasteiger partial charge in [0.2, 0.25) is 0 Å². The number of anilines is 1. The van der Waals surface area contributed by atoms with Crippen molar-refractivity contribution in [3.8, 4) is 0 Å². The Morgan fingerprint density at radius 1 is 0.885 bits per heavy atom. The van der Waals surface area contributed by atoms with E-state index in [1.54, 1.807) is 0 Å². The van der Waals surface area contributed by atoms with Crippen LogP contribution in [0.2, 0.25) is 0 Å². The van der Waals surface area contributed by atoms with Gasteiger partial charge >= 0.3 is 0 Å². The van der Waals surface area contributed by atoms with Crippen LogP contribution in [0, 0.1) is 12.8 Å². The Hall–Kier alpha value is -1.44. The lowest BCUT2D eigenvalue weighted by Crippen LogP contribution is -2.45. The molecule has 1 unspecified atom stereocenters. The molecule has 2 saturated carbocycles. The average Bonchev–Trinajstić information content (AvgIpc) is 3.03. The number of benzene rings is 1. The van der Waals surface area contributed by atoms with Crippen molar-refractivity contribution in [3.05, 3.63) is 41.2 Å². The van der Waals surface area contributed by atoms with Gasteiger partial charge in [-0.1, -0.05) is 56.7 Å². The van der Waals surface area contributed by atoms with Crippen molar-refractivity contribution in [2.45, 2.75) is 97.1 Å². The summed E-state index contributed by atoms with van der Waals surface area (Å²) in [5.74, 6) is 0.504. The molecule has 2 nitrogen and oxygen atoms in total. The van der Waals surface area contributed by atoms with E-state index in [4.69, 9.17) is 4.11 Å². The quantitative estimate of drug-likeness (QED) is 0.602. The summed E-state index contributed by atoms with van der Waals surface area (Å²) in [4.78, 5) is 4.56. The third-order valence-electron chi connectivity index (χ3n) is 6.85. The predicted molar refractivity (Wildman–Crippen MR) is 111 cm³/mol. The first-order valence-electron chi connectivity index (χ1n) is 12.2. The van der Waals surface area contributed by atoms with Crippen molar-refractivity contribution in [1.29, 1.82) is 0 Å². The highest BCUT2D eigenvalue weighted by molar-refractivity contribution is 5.60. The fourth-order valence-corrected chi connectivity index (χ4v) is 5.53. The van der Waals surface area contributed by atoms with Gasteiger partial charge in [0.15, 0.2) is 0 Å². The van der Waals surface area contributed by atoms with Gasteiger partial charge in [-0.2, -0.15) is 0 Å². The summed E-state index contributed by atoms with van der Waals surface area (Å²) in [6.45, 7) is 2.22. The van der Waals surface area contributed by atoms with E-state index < -0.39 is 13.0 Å². The van der Waals surface area contributed by atoms with Crippen LogP contribution in [-0.4, -0.2) is 17.1 Å². The first-order valence-corrected chi connectivity index (χ1v) is 10.7. The summed E-state index contributed by atoms with van der Waals surface area (Å²) in [6, 6.07) is 8.63. The van der Waals surface area contributed by atoms with Crippen LogP contribution in [0.15, 0.2) is 35.7 Å². The van der Waals surface area contributed by atoms with Gasteiger partial charge in [0.25, 0.3) is 0 Å². The lowest BCUT2D eigenvalue weighted by molar-refractivity contribution is 0.147. The Bertz CT molecular complexity index is 743. The molecule has 0 bridgehead atoms. The molecular formula is C24H36N2. The number of hydrogen-bond acceptors (Lipinski definition) is 2. The molecule has 1 aliphatic heterocycles. The van der Waals surface area contributed by atoms with Gasteiger partial charge < -0.3 is 9.80 Å². The van der Waals surface area contributed by atoms with E-state index in [0.29, 0.717) is 12.0 Å². The lowest BCUT2D eigenvalue weighted by atomic mass is 9.84. The molecular weight excluding hydrogens is 316 g/mol. The van der Waals surface area contributed by atoms with Crippen molar-refractivity contribution >= 4 is 5.69 Å². The Morgan fingerprint density at radius 2 is 1.54 bits per heavy atom. The van der Waals surface area contributed by atoms with Gasteiger partial charge in [0, 0.05) is 33.2 Å². The lowest BCUT2D eigenvalue weighted by Gasteiger charge is -2.42. The second-order valence-corrected chi connectivity index (χ2v) is 8.53. The van der Waals surface area contributed by atoms with Crippen LogP contribution in [0.4, 0.5) is 5.69 Å². The van der Waals surface area contributed by atoms with Gasteiger partial charge in [-0.15, -0.1) is 0 Å². The molecule has 1 heterocycles. The summed E-state index contributed by atoms with van der Waals surface area (Å²) in [7, 11) is 0. The number of allylic oxidation sites excluding steroid dienone is 2. The second-order valence-electron chi connectivity index (χ2n) is 8.53. The normalized spacial score (nSPS) is 28.2. The van der Waals surface area contributed by atoms with Crippen LogP contribution >= 0.6 is 0 Å². The third-order valence-corrected chi connectivity index (χ3v) is 6.85. The van der Waals surface area contributed by atoms with Gasteiger partial charge in [-0.25, -0.2) is 0 Å².